The number of para-hydroxylation sites is 1. The Morgan fingerprint density at radius 1 is 0.879 bits per heavy atom. The molecule has 0 heterocycles. The Bertz CT molecular complexity index is 1240. The highest BCUT2D eigenvalue weighted by Crippen LogP contribution is 2.23. The highest BCUT2D eigenvalue weighted by molar-refractivity contribution is 6.40. The Balaban J connectivity index is 1.69. The first-order valence-electron chi connectivity index (χ1n) is 9.74. The van der Waals surface area contributed by atoms with Crippen molar-refractivity contribution in [3.8, 4) is 5.75 Å². The number of nitrogens with zero attached hydrogens (tertiary/aromatic N) is 1. The summed E-state index contributed by atoms with van der Waals surface area (Å²) in [6.07, 6.45) is 0. The van der Waals surface area contributed by atoms with Gasteiger partial charge in [0.1, 0.15) is 5.75 Å². The average molecular weight is 484 g/mol. The Labute approximate surface area is 200 Å². The molecule has 0 fully saturated rings. The van der Waals surface area contributed by atoms with Gasteiger partial charge < -0.3 is 10.1 Å². The molecule has 0 bridgehead atoms. The smallest absolute Gasteiger partial charge is 0.343 e. The van der Waals surface area contributed by atoms with Gasteiger partial charge in [0.2, 0.25) is 0 Å². The average Bonchev–Trinajstić information content (AvgIpc) is 2.81. The summed E-state index contributed by atoms with van der Waals surface area (Å²) >= 11 is 11.9. The number of hydrazone groups is 1. The molecule has 9 heteroatoms. The standard InChI is InChI=1S/C24H19Cl2N3O4/c1-14-19(26)7-5-8-20(14)27-22(30)23(31)29-28-15(2)18-6-3-4-9-21(18)33-24(32)16-10-12-17(25)13-11-16/h3-13H,1-2H3,(H,27,30)(H,29,31)/b28-15+. The third kappa shape index (κ3) is 6.19. The first-order valence-corrected chi connectivity index (χ1v) is 10.5. The molecule has 0 unspecified atom stereocenters. The van der Waals surface area contributed by atoms with Gasteiger partial charge in [-0.3, -0.25) is 9.59 Å². The zero-order chi connectivity index (χ0) is 24.0. The van der Waals surface area contributed by atoms with Gasteiger partial charge in [0, 0.05) is 21.3 Å². The third-order valence-corrected chi connectivity index (χ3v) is 5.27. The van der Waals surface area contributed by atoms with Crippen LogP contribution in [0.4, 0.5) is 5.69 Å². The Morgan fingerprint density at radius 2 is 1.58 bits per heavy atom. The lowest BCUT2D eigenvalue weighted by atomic mass is 10.1. The predicted octanol–water partition coefficient (Wildman–Crippen LogP) is 5.00. The fourth-order valence-electron chi connectivity index (χ4n) is 2.77. The van der Waals surface area contributed by atoms with E-state index in [1.165, 1.54) is 0 Å². The van der Waals surface area contributed by atoms with E-state index in [1.54, 1.807) is 80.6 Å². The van der Waals surface area contributed by atoms with Gasteiger partial charge in [-0.2, -0.15) is 5.10 Å². The van der Waals surface area contributed by atoms with Crippen molar-refractivity contribution >= 4 is 52.4 Å². The van der Waals surface area contributed by atoms with Crippen LogP contribution in [0.3, 0.4) is 0 Å². The molecule has 7 nitrogen and oxygen atoms in total. The van der Waals surface area contributed by atoms with Gasteiger partial charge in [-0.25, -0.2) is 10.2 Å². The Morgan fingerprint density at radius 3 is 2.30 bits per heavy atom. The summed E-state index contributed by atoms with van der Waals surface area (Å²) < 4.78 is 5.48. The van der Waals surface area contributed by atoms with E-state index in [4.69, 9.17) is 27.9 Å². The van der Waals surface area contributed by atoms with Crippen LogP contribution in [-0.4, -0.2) is 23.5 Å². The molecule has 0 atom stereocenters. The second-order valence-electron chi connectivity index (χ2n) is 6.90. The van der Waals surface area contributed by atoms with Gasteiger partial charge in [-0.1, -0.05) is 41.4 Å². The van der Waals surface area contributed by atoms with Crippen LogP contribution in [0.25, 0.3) is 0 Å². The highest BCUT2D eigenvalue weighted by atomic mass is 35.5. The van der Waals surface area contributed by atoms with Crippen molar-refractivity contribution in [2.45, 2.75) is 13.8 Å². The van der Waals surface area contributed by atoms with Crippen molar-refractivity contribution < 1.29 is 19.1 Å². The van der Waals surface area contributed by atoms with Gasteiger partial charge in [0.15, 0.2) is 0 Å². The number of carbonyl (C=O) groups excluding carboxylic acids is 3. The maximum absolute atomic E-state index is 12.4. The van der Waals surface area contributed by atoms with E-state index in [0.29, 0.717) is 38.1 Å². The van der Waals surface area contributed by atoms with Gasteiger partial charge in [-0.05, 0) is 67.9 Å². The molecule has 0 saturated heterocycles. The summed E-state index contributed by atoms with van der Waals surface area (Å²) in [5, 5.41) is 7.43. The fraction of sp³-hybridized carbons (Fsp3) is 0.0833. The maximum Gasteiger partial charge on any atom is 0.343 e. The van der Waals surface area contributed by atoms with Crippen molar-refractivity contribution in [3.05, 3.63) is 93.5 Å². The molecule has 33 heavy (non-hydrogen) atoms. The molecule has 2 amide bonds. The molecular formula is C24H19Cl2N3O4. The van der Waals surface area contributed by atoms with Crippen molar-refractivity contribution in [2.75, 3.05) is 5.32 Å². The third-order valence-electron chi connectivity index (χ3n) is 4.61. The van der Waals surface area contributed by atoms with E-state index in [1.807, 2.05) is 0 Å². The molecule has 168 valence electrons. The highest BCUT2D eigenvalue weighted by Gasteiger charge is 2.17. The number of nitrogens with one attached hydrogen (secondary N) is 2. The van der Waals surface area contributed by atoms with Crippen LogP contribution in [-0.2, 0) is 9.59 Å². The zero-order valence-electron chi connectivity index (χ0n) is 17.7. The lowest BCUT2D eigenvalue weighted by Gasteiger charge is -2.11. The molecule has 0 spiro atoms. The van der Waals surface area contributed by atoms with Crippen LogP contribution in [0.5, 0.6) is 5.75 Å². The summed E-state index contributed by atoms with van der Waals surface area (Å²) in [5.41, 5.74) is 4.37. The van der Waals surface area contributed by atoms with Crippen molar-refractivity contribution in [2.24, 2.45) is 5.10 Å². The zero-order valence-corrected chi connectivity index (χ0v) is 19.2. The number of halogens is 2. The monoisotopic (exact) mass is 483 g/mol. The van der Waals surface area contributed by atoms with Crippen molar-refractivity contribution in [1.29, 1.82) is 0 Å². The van der Waals surface area contributed by atoms with Gasteiger partial charge >= 0.3 is 17.8 Å². The molecule has 3 aromatic rings. The molecule has 3 rings (SSSR count). The van der Waals surface area contributed by atoms with Crippen LogP contribution in [0.1, 0.15) is 28.4 Å². The molecule has 0 aliphatic heterocycles. The first-order chi connectivity index (χ1) is 15.8. The quantitative estimate of drug-likeness (QED) is 0.175. The fourth-order valence-corrected chi connectivity index (χ4v) is 3.07. The van der Waals surface area contributed by atoms with E-state index in [-0.39, 0.29) is 5.75 Å². The Hall–Kier alpha value is -3.68. The minimum absolute atomic E-state index is 0.243. The molecule has 2 N–H and O–H groups in total. The van der Waals surface area contributed by atoms with Gasteiger partial charge in [0.05, 0.1) is 11.3 Å². The van der Waals surface area contributed by atoms with Crippen molar-refractivity contribution in [1.82, 2.24) is 5.43 Å². The van der Waals surface area contributed by atoms with Crippen LogP contribution >= 0.6 is 23.2 Å². The summed E-state index contributed by atoms with van der Waals surface area (Å²) in [6, 6.07) is 17.9. The predicted molar refractivity (Wildman–Crippen MR) is 128 cm³/mol. The minimum Gasteiger partial charge on any atom is -0.422 e. The van der Waals surface area contributed by atoms with E-state index in [0.717, 1.165) is 0 Å². The van der Waals surface area contributed by atoms with Crippen LogP contribution in [0.15, 0.2) is 71.8 Å². The first kappa shape index (κ1) is 24.0. The molecule has 3 aromatic carbocycles. The van der Waals surface area contributed by atoms with Crippen LogP contribution in [0, 0.1) is 6.92 Å². The van der Waals surface area contributed by atoms with E-state index < -0.39 is 17.8 Å². The lowest BCUT2D eigenvalue weighted by molar-refractivity contribution is -0.136. The number of carbonyl (C=O) groups is 3. The largest absolute Gasteiger partial charge is 0.422 e. The number of hydrogen-bond acceptors (Lipinski definition) is 5. The number of ether oxygens (including phenoxy) is 1. The van der Waals surface area contributed by atoms with E-state index in [2.05, 4.69) is 15.8 Å². The number of esters is 1. The van der Waals surface area contributed by atoms with E-state index in [9.17, 15) is 14.4 Å². The van der Waals surface area contributed by atoms with Gasteiger partial charge in [-0.15, -0.1) is 0 Å². The maximum atomic E-state index is 12.4. The second kappa shape index (κ2) is 10.8. The van der Waals surface area contributed by atoms with Crippen molar-refractivity contribution in [3.63, 3.8) is 0 Å². The second-order valence-corrected chi connectivity index (χ2v) is 7.74. The number of amides is 2. The molecule has 0 radical (unpaired) electrons. The van der Waals surface area contributed by atoms with Crippen LogP contribution in [0.2, 0.25) is 10.0 Å². The summed E-state index contributed by atoms with van der Waals surface area (Å²) in [7, 11) is 0. The summed E-state index contributed by atoms with van der Waals surface area (Å²) in [4.78, 5) is 36.8. The summed E-state index contributed by atoms with van der Waals surface area (Å²) in [5.74, 6) is -2.21. The van der Waals surface area contributed by atoms with Gasteiger partial charge in [0.25, 0.3) is 0 Å². The number of rotatable bonds is 5. The number of benzene rings is 3. The molecule has 0 saturated carbocycles. The van der Waals surface area contributed by atoms with Crippen LogP contribution < -0.4 is 15.5 Å². The number of anilines is 1. The normalized spacial score (nSPS) is 11.0. The molecule has 0 aliphatic rings. The van der Waals surface area contributed by atoms with E-state index >= 15 is 0 Å². The Kier molecular flexibility index (Phi) is 7.82. The topological polar surface area (TPSA) is 96.9 Å². The SMILES string of the molecule is C/C(=N\NC(=O)C(=O)Nc1cccc(Cl)c1C)c1ccccc1OC(=O)c1ccc(Cl)cc1. The number of hydrogen-bond donors (Lipinski definition) is 2. The molecule has 0 aliphatic carbocycles. The molecule has 0 aromatic heterocycles. The minimum atomic E-state index is -0.968. The lowest BCUT2D eigenvalue weighted by Crippen LogP contribution is -2.33. The summed E-state index contributed by atoms with van der Waals surface area (Å²) in [6.45, 7) is 3.33. The molecular weight excluding hydrogens is 465 g/mol.